The number of ether oxygens (including phenoxy) is 1. The number of hydrogen-bond donors (Lipinski definition) is 2. The van der Waals surface area contributed by atoms with Crippen LogP contribution in [-0.2, 0) is 20.7 Å². The average molecular weight is 348 g/mol. The minimum absolute atomic E-state index is 0.00349. The molecule has 0 saturated carbocycles. The summed E-state index contributed by atoms with van der Waals surface area (Å²) in [5.41, 5.74) is 2.32. The minimum atomic E-state index is -0.222. The van der Waals surface area contributed by atoms with Crippen LogP contribution >= 0.6 is 0 Å². The number of methoxy groups -OCH3 is 1. The molecule has 0 unspecified atom stereocenters. The van der Waals surface area contributed by atoms with Crippen LogP contribution in [0.15, 0.2) is 66.7 Å². The van der Waals surface area contributed by atoms with Gasteiger partial charge < -0.3 is 15.4 Å². The fourth-order valence-corrected chi connectivity index (χ4v) is 2.79. The molecule has 2 amide bonds. The highest BCUT2D eigenvalue weighted by molar-refractivity contribution is 5.96. The molecule has 0 atom stereocenters. The highest BCUT2D eigenvalue weighted by Crippen LogP contribution is 2.20. The molecule has 0 aromatic heterocycles. The van der Waals surface area contributed by atoms with E-state index in [1.54, 1.807) is 24.3 Å². The summed E-state index contributed by atoms with van der Waals surface area (Å²) in [6.07, 6.45) is 0.299. The largest absolute Gasteiger partial charge is 0.375 e. The number of amides is 2. The minimum Gasteiger partial charge on any atom is -0.375 e. The maximum atomic E-state index is 12.4. The van der Waals surface area contributed by atoms with Gasteiger partial charge in [-0.05, 0) is 40.6 Å². The molecule has 0 saturated heterocycles. The molecule has 0 aliphatic carbocycles. The van der Waals surface area contributed by atoms with E-state index >= 15 is 0 Å². The van der Waals surface area contributed by atoms with E-state index in [0.29, 0.717) is 17.8 Å². The Balaban J connectivity index is 1.63. The zero-order valence-electron chi connectivity index (χ0n) is 14.5. The first-order chi connectivity index (χ1) is 12.7. The van der Waals surface area contributed by atoms with Crippen LogP contribution in [0.4, 0.5) is 11.4 Å². The lowest BCUT2D eigenvalue weighted by atomic mass is 10.0. The maximum absolute atomic E-state index is 12.4. The van der Waals surface area contributed by atoms with E-state index in [0.717, 1.165) is 16.3 Å². The molecule has 0 radical (unpaired) electrons. The second kappa shape index (κ2) is 8.27. The first kappa shape index (κ1) is 17.6. The van der Waals surface area contributed by atoms with Crippen LogP contribution in [0.25, 0.3) is 10.8 Å². The van der Waals surface area contributed by atoms with E-state index in [1.807, 2.05) is 42.5 Å². The third-order valence-corrected chi connectivity index (χ3v) is 3.96. The van der Waals surface area contributed by atoms with Gasteiger partial charge in [-0.15, -0.1) is 0 Å². The van der Waals surface area contributed by atoms with Crippen molar-refractivity contribution in [2.45, 2.75) is 6.42 Å². The summed E-state index contributed by atoms with van der Waals surface area (Å²) in [4.78, 5) is 23.9. The quantitative estimate of drug-likeness (QED) is 0.715. The molecule has 0 bridgehead atoms. The number of carbonyl (C=O) groups is 2. The van der Waals surface area contributed by atoms with Gasteiger partial charge in [-0.25, -0.2) is 0 Å². The predicted octanol–water partition coefficient (Wildman–Crippen LogP) is 3.61. The molecule has 3 rings (SSSR count). The van der Waals surface area contributed by atoms with Crippen LogP contribution in [0.2, 0.25) is 0 Å². The SMILES string of the molecule is COCC(=O)Nc1ccc(NC(=O)Cc2cccc3ccccc23)cc1. The molecule has 5 heteroatoms. The summed E-state index contributed by atoms with van der Waals surface area (Å²) in [5.74, 6) is -0.308. The molecule has 5 nitrogen and oxygen atoms in total. The predicted molar refractivity (Wildman–Crippen MR) is 103 cm³/mol. The van der Waals surface area contributed by atoms with Gasteiger partial charge in [0.1, 0.15) is 6.61 Å². The molecule has 0 spiro atoms. The van der Waals surface area contributed by atoms with Crippen molar-refractivity contribution in [3.8, 4) is 0 Å². The van der Waals surface area contributed by atoms with Crippen LogP contribution in [0, 0.1) is 0 Å². The van der Waals surface area contributed by atoms with E-state index < -0.39 is 0 Å². The lowest BCUT2D eigenvalue weighted by molar-refractivity contribution is -0.119. The van der Waals surface area contributed by atoms with Crippen molar-refractivity contribution in [1.29, 1.82) is 0 Å². The maximum Gasteiger partial charge on any atom is 0.250 e. The Morgan fingerprint density at radius 2 is 1.42 bits per heavy atom. The number of anilines is 2. The molecular weight excluding hydrogens is 328 g/mol. The standard InChI is InChI=1S/C21H20N2O3/c1-26-14-21(25)23-18-11-9-17(10-12-18)22-20(24)13-16-7-4-6-15-5-2-3-8-19(15)16/h2-12H,13-14H2,1H3,(H,22,24)(H,23,25). The number of benzene rings is 3. The molecule has 0 aliphatic heterocycles. The summed E-state index contributed by atoms with van der Waals surface area (Å²) < 4.78 is 4.77. The second-order valence-corrected chi connectivity index (χ2v) is 5.92. The smallest absolute Gasteiger partial charge is 0.250 e. The van der Waals surface area contributed by atoms with Crippen LogP contribution in [0.5, 0.6) is 0 Å². The van der Waals surface area contributed by atoms with Crippen LogP contribution in [0.1, 0.15) is 5.56 Å². The van der Waals surface area contributed by atoms with E-state index in [4.69, 9.17) is 4.74 Å². The van der Waals surface area contributed by atoms with Crippen molar-refractivity contribution in [2.24, 2.45) is 0 Å². The van der Waals surface area contributed by atoms with Gasteiger partial charge in [-0.1, -0.05) is 42.5 Å². The van der Waals surface area contributed by atoms with Crippen LogP contribution in [0.3, 0.4) is 0 Å². The van der Waals surface area contributed by atoms with Gasteiger partial charge in [0.25, 0.3) is 0 Å². The molecule has 0 aliphatic rings. The van der Waals surface area contributed by atoms with Crippen molar-refractivity contribution in [2.75, 3.05) is 24.4 Å². The Bertz CT molecular complexity index is 915. The van der Waals surface area contributed by atoms with Crippen LogP contribution < -0.4 is 10.6 Å². The molecule has 26 heavy (non-hydrogen) atoms. The first-order valence-electron chi connectivity index (χ1n) is 8.31. The zero-order valence-corrected chi connectivity index (χ0v) is 14.5. The summed E-state index contributed by atoms with van der Waals surface area (Å²) in [7, 11) is 1.47. The molecule has 0 heterocycles. The Morgan fingerprint density at radius 3 is 2.12 bits per heavy atom. The van der Waals surface area contributed by atoms with E-state index in [2.05, 4.69) is 10.6 Å². The Morgan fingerprint density at radius 1 is 0.808 bits per heavy atom. The highest BCUT2D eigenvalue weighted by Gasteiger charge is 2.08. The van der Waals surface area contributed by atoms with Crippen molar-refractivity contribution in [1.82, 2.24) is 0 Å². The summed E-state index contributed by atoms with van der Waals surface area (Å²) in [6, 6.07) is 21.0. The van der Waals surface area contributed by atoms with Gasteiger partial charge in [0.2, 0.25) is 11.8 Å². The van der Waals surface area contributed by atoms with E-state index in [9.17, 15) is 9.59 Å². The molecule has 132 valence electrons. The summed E-state index contributed by atoms with van der Waals surface area (Å²) >= 11 is 0. The lowest BCUT2D eigenvalue weighted by Crippen LogP contribution is -2.17. The zero-order chi connectivity index (χ0) is 18.4. The van der Waals surface area contributed by atoms with Gasteiger partial charge in [0.05, 0.1) is 6.42 Å². The first-order valence-corrected chi connectivity index (χ1v) is 8.31. The van der Waals surface area contributed by atoms with Crippen LogP contribution in [-0.4, -0.2) is 25.5 Å². The average Bonchev–Trinajstić information content (AvgIpc) is 2.64. The fraction of sp³-hybridized carbons (Fsp3) is 0.143. The number of nitrogens with one attached hydrogen (secondary N) is 2. The van der Waals surface area contributed by atoms with Crippen molar-refractivity contribution in [3.05, 3.63) is 72.3 Å². The monoisotopic (exact) mass is 348 g/mol. The van der Waals surface area contributed by atoms with Gasteiger partial charge in [0, 0.05) is 18.5 Å². The Labute approximate surface area is 152 Å². The van der Waals surface area contributed by atoms with E-state index in [1.165, 1.54) is 7.11 Å². The number of carbonyl (C=O) groups excluding carboxylic acids is 2. The Hall–Kier alpha value is -3.18. The fourth-order valence-electron chi connectivity index (χ4n) is 2.79. The third-order valence-electron chi connectivity index (χ3n) is 3.96. The molecule has 3 aromatic carbocycles. The van der Waals surface area contributed by atoms with E-state index in [-0.39, 0.29) is 18.4 Å². The highest BCUT2D eigenvalue weighted by atomic mass is 16.5. The summed E-state index contributed by atoms with van der Waals surface area (Å²) in [6.45, 7) is 0.00349. The normalized spacial score (nSPS) is 10.5. The second-order valence-electron chi connectivity index (χ2n) is 5.92. The summed E-state index contributed by atoms with van der Waals surface area (Å²) in [5, 5.41) is 7.80. The molecule has 0 fully saturated rings. The topological polar surface area (TPSA) is 67.4 Å². The van der Waals surface area contributed by atoms with Crippen molar-refractivity contribution < 1.29 is 14.3 Å². The molecule has 2 N–H and O–H groups in total. The van der Waals surface area contributed by atoms with Gasteiger partial charge in [-0.2, -0.15) is 0 Å². The molecule has 3 aromatic rings. The van der Waals surface area contributed by atoms with Gasteiger partial charge in [0.15, 0.2) is 0 Å². The lowest BCUT2D eigenvalue weighted by Gasteiger charge is -2.09. The number of rotatable bonds is 6. The Kier molecular flexibility index (Phi) is 5.61. The molecular formula is C21H20N2O3. The van der Waals surface area contributed by atoms with Crippen molar-refractivity contribution in [3.63, 3.8) is 0 Å². The van der Waals surface area contributed by atoms with Gasteiger partial charge >= 0.3 is 0 Å². The number of hydrogen-bond acceptors (Lipinski definition) is 3. The number of fused-ring (bicyclic) bond motifs is 1. The van der Waals surface area contributed by atoms with Gasteiger partial charge in [-0.3, -0.25) is 9.59 Å². The third kappa shape index (κ3) is 4.46. The van der Waals surface area contributed by atoms with Crippen molar-refractivity contribution >= 4 is 34.0 Å².